The van der Waals surface area contributed by atoms with Gasteiger partial charge in [0.1, 0.15) is 12.6 Å². The summed E-state index contributed by atoms with van der Waals surface area (Å²) in [5.41, 5.74) is 1.11. The Labute approximate surface area is 205 Å². The van der Waals surface area contributed by atoms with Crippen molar-refractivity contribution in [2.75, 3.05) is 17.1 Å². The fourth-order valence-electron chi connectivity index (χ4n) is 3.29. The van der Waals surface area contributed by atoms with Gasteiger partial charge in [-0.2, -0.15) is 0 Å². The Hall–Kier alpha value is -2.91. The fraction of sp³-hybridized carbons (Fsp3) is 0.375. The molecule has 1 N–H and O–H groups in total. The van der Waals surface area contributed by atoms with Gasteiger partial charge in [0.2, 0.25) is 21.8 Å². The first kappa shape index (κ1) is 27.3. The van der Waals surface area contributed by atoms with Gasteiger partial charge < -0.3 is 10.2 Å². The predicted octanol–water partition coefficient (Wildman–Crippen LogP) is 3.25. The van der Waals surface area contributed by atoms with Crippen molar-refractivity contribution in [3.63, 3.8) is 0 Å². The van der Waals surface area contributed by atoms with Gasteiger partial charge in [-0.1, -0.05) is 41.9 Å². The van der Waals surface area contributed by atoms with E-state index in [2.05, 4.69) is 5.32 Å². The molecule has 0 heterocycles. The average molecular weight is 508 g/mol. The van der Waals surface area contributed by atoms with Crippen LogP contribution in [0.5, 0.6) is 0 Å². The molecule has 2 rings (SSSR count). The Bertz CT molecular complexity index is 1170. The molecule has 0 saturated heterocycles. The van der Waals surface area contributed by atoms with E-state index in [1.165, 1.54) is 24.0 Å². The molecule has 0 aliphatic carbocycles. The Balaban J connectivity index is 2.44. The zero-order valence-corrected chi connectivity index (χ0v) is 21.5. The second-order valence-corrected chi connectivity index (χ2v) is 10.6. The first-order valence-electron chi connectivity index (χ1n) is 10.7. The number of benzene rings is 2. The van der Waals surface area contributed by atoms with Crippen LogP contribution in [0.25, 0.3) is 0 Å². The Morgan fingerprint density at radius 2 is 1.68 bits per heavy atom. The molecule has 2 amide bonds. The van der Waals surface area contributed by atoms with E-state index in [0.29, 0.717) is 16.1 Å². The molecule has 0 aromatic heterocycles. The van der Waals surface area contributed by atoms with Crippen LogP contribution in [0.2, 0.25) is 5.02 Å². The smallest absolute Gasteiger partial charge is 0.244 e. The number of rotatable bonds is 10. The van der Waals surface area contributed by atoms with Gasteiger partial charge in [-0.15, -0.1) is 0 Å². The minimum Gasteiger partial charge on any atom is -0.352 e. The van der Waals surface area contributed by atoms with Gasteiger partial charge in [0.15, 0.2) is 5.78 Å². The van der Waals surface area contributed by atoms with Crippen LogP contribution in [0.15, 0.2) is 48.5 Å². The topological polar surface area (TPSA) is 104 Å². The Morgan fingerprint density at radius 1 is 1.03 bits per heavy atom. The molecule has 0 fully saturated rings. The molecule has 2 aromatic carbocycles. The van der Waals surface area contributed by atoms with Crippen LogP contribution >= 0.6 is 11.6 Å². The number of hydrogen-bond donors (Lipinski definition) is 1. The number of nitrogens with zero attached hydrogens (tertiary/aromatic N) is 2. The van der Waals surface area contributed by atoms with Crippen LogP contribution in [0.1, 0.15) is 43.6 Å². The van der Waals surface area contributed by atoms with Crippen molar-refractivity contribution in [3.8, 4) is 0 Å². The second kappa shape index (κ2) is 11.5. The molecular weight excluding hydrogens is 478 g/mol. The predicted molar refractivity (Wildman–Crippen MR) is 133 cm³/mol. The van der Waals surface area contributed by atoms with Gasteiger partial charge >= 0.3 is 0 Å². The normalized spacial score (nSPS) is 12.2. The maximum Gasteiger partial charge on any atom is 0.244 e. The zero-order valence-electron chi connectivity index (χ0n) is 19.9. The average Bonchev–Trinajstić information content (AvgIpc) is 2.75. The van der Waals surface area contributed by atoms with Crippen LogP contribution in [0.4, 0.5) is 5.69 Å². The minimum absolute atomic E-state index is 0.0102. The molecule has 184 valence electrons. The number of carbonyl (C=O) groups is 3. The van der Waals surface area contributed by atoms with E-state index in [0.717, 1.165) is 10.6 Å². The summed E-state index contributed by atoms with van der Waals surface area (Å²) >= 11 is 6.29. The number of sulfonamides is 1. The van der Waals surface area contributed by atoms with E-state index in [-0.39, 0.29) is 30.0 Å². The van der Waals surface area contributed by atoms with E-state index in [1.54, 1.807) is 57.2 Å². The van der Waals surface area contributed by atoms with E-state index in [4.69, 9.17) is 11.6 Å². The minimum atomic E-state index is -3.89. The molecule has 0 aliphatic rings. The molecule has 34 heavy (non-hydrogen) atoms. The van der Waals surface area contributed by atoms with E-state index >= 15 is 0 Å². The number of anilines is 1. The molecule has 1 atom stereocenters. The lowest BCUT2D eigenvalue weighted by molar-refractivity contribution is -0.139. The largest absolute Gasteiger partial charge is 0.352 e. The van der Waals surface area contributed by atoms with Crippen LogP contribution in [-0.4, -0.2) is 55.8 Å². The third-order valence-corrected chi connectivity index (χ3v) is 6.63. The van der Waals surface area contributed by atoms with Crippen molar-refractivity contribution >= 4 is 44.9 Å². The van der Waals surface area contributed by atoms with Crippen molar-refractivity contribution < 1.29 is 22.8 Å². The molecule has 2 aromatic rings. The molecule has 0 aliphatic heterocycles. The molecule has 0 saturated carbocycles. The summed E-state index contributed by atoms with van der Waals surface area (Å²) in [7, 11) is -3.89. The number of amides is 2. The van der Waals surface area contributed by atoms with Gasteiger partial charge in [-0.05, 0) is 51.5 Å². The number of halogens is 1. The van der Waals surface area contributed by atoms with Crippen LogP contribution in [0.3, 0.4) is 0 Å². The van der Waals surface area contributed by atoms with Crippen molar-refractivity contribution in [3.05, 3.63) is 64.7 Å². The molecule has 8 nitrogen and oxygen atoms in total. The molecular formula is C24H30ClN3O5S. The first-order valence-corrected chi connectivity index (χ1v) is 13.0. The highest BCUT2D eigenvalue weighted by Gasteiger charge is 2.30. The lowest BCUT2D eigenvalue weighted by Crippen LogP contribution is -2.52. The number of nitrogens with one attached hydrogen (secondary N) is 1. The first-order chi connectivity index (χ1) is 15.8. The van der Waals surface area contributed by atoms with E-state index < -0.39 is 28.5 Å². The third-order valence-electron chi connectivity index (χ3n) is 5.12. The highest BCUT2D eigenvalue weighted by atomic mass is 35.5. The van der Waals surface area contributed by atoms with Gasteiger partial charge in [-0.3, -0.25) is 18.7 Å². The van der Waals surface area contributed by atoms with Crippen LogP contribution < -0.4 is 9.62 Å². The molecule has 0 bridgehead atoms. The summed E-state index contributed by atoms with van der Waals surface area (Å²) < 4.78 is 26.1. The van der Waals surface area contributed by atoms with Crippen LogP contribution in [0, 0.1) is 0 Å². The lowest BCUT2D eigenvalue weighted by atomic mass is 10.1. The summed E-state index contributed by atoms with van der Waals surface area (Å²) in [5.74, 6) is -1.20. The third kappa shape index (κ3) is 7.30. The summed E-state index contributed by atoms with van der Waals surface area (Å²) in [4.78, 5) is 39.3. The van der Waals surface area contributed by atoms with Gasteiger partial charge in [0, 0.05) is 23.2 Å². The van der Waals surface area contributed by atoms with Crippen LogP contribution in [-0.2, 0) is 26.2 Å². The van der Waals surface area contributed by atoms with Gasteiger partial charge in [0.25, 0.3) is 0 Å². The highest BCUT2D eigenvalue weighted by Crippen LogP contribution is 2.22. The highest BCUT2D eigenvalue weighted by molar-refractivity contribution is 7.92. The van der Waals surface area contributed by atoms with Crippen molar-refractivity contribution in [2.45, 2.75) is 46.3 Å². The summed E-state index contributed by atoms with van der Waals surface area (Å²) in [6, 6.07) is 11.9. The van der Waals surface area contributed by atoms with Crippen molar-refractivity contribution in [2.24, 2.45) is 0 Å². The van der Waals surface area contributed by atoms with Crippen molar-refractivity contribution in [1.82, 2.24) is 10.2 Å². The second-order valence-electron chi connectivity index (χ2n) is 8.33. The lowest BCUT2D eigenvalue weighted by Gasteiger charge is -2.32. The summed E-state index contributed by atoms with van der Waals surface area (Å²) in [6.07, 6.45) is 0.980. The number of ketones is 1. The summed E-state index contributed by atoms with van der Waals surface area (Å²) in [5, 5.41) is 3.20. The van der Waals surface area contributed by atoms with E-state index in [9.17, 15) is 22.8 Å². The summed E-state index contributed by atoms with van der Waals surface area (Å²) in [6.45, 7) is 6.01. The van der Waals surface area contributed by atoms with E-state index in [1.807, 2.05) is 0 Å². The van der Waals surface area contributed by atoms with Gasteiger partial charge in [-0.25, -0.2) is 8.42 Å². The van der Waals surface area contributed by atoms with Crippen molar-refractivity contribution in [1.29, 1.82) is 0 Å². The number of Topliss-reactive ketones (excluding diaryl/α,β-unsaturated/α-hetero) is 1. The fourth-order valence-corrected chi connectivity index (χ4v) is 4.33. The monoisotopic (exact) mass is 507 g/mol. The maximum atomic E-state index is 13.5. The molecule has 0 unspecified atom stereocenters. The number of carbonyl (C=O) groups excluding carboxylic acids is 3. The molecule has 0 spiro atoms. The Morgan fingerprint density at radius 3 is 2.24 bits per heavy atom. The molecule has 10 heteroatoms. The zero-order chi connectivity index (χ0) is 25.6. The number of hydrogen-bond acceptors (Lipinski definition) is 5. The maximum absolute atomic E-state index is 13.5. The quantitative estimate of drug-likeness (QED) is 0.497. The molecule has 0 radical (unpaired) electrons. The SMILES string of the molecule is CC(=O)c1cccc(N(CC(=O)N(Cc2ccccc2Cl)[C@H](C)C(=O)NC(C)C)S(C)(=O)=O)c1. The standard InChI is InChI=1S/C24H30ClN3O5S/c1-16(2)26-24(31)17(3)27(14-20-9-6-7-12-22(20)25)23(30)15-28(34(5,32)33)21-11-8-10-19(13-21)18(4)29/h6-13,16-17H,14-15H2,1-5H3,(H,26,31)/t17-/m1/s1. The van der Waals surface area contributed by atoms with Gasteiger partial charge in [0.05, 0.1) is 11.9 Å². The Kier molecular flexibility index (Phi) is 9.23.